The van der Waals surface area contributed by atoms with Gasteiger partial charge in [-0.15, -0.1) is 0 Å². The first-order chi connectivity index (χ1) is 10.2. The van der Waals surface area contributed by atoms with Crippen LogP contribution < -0.4 is 10.1 Å². The molecule has 2 nitrogen and oxygen atoms in total. The summed E-state index contributed by atoms with van der Waals surface area (Å²) in [6.45, 7) is 4.78. The van der Waals surface area contributed by atoms with E-state index in [0.29, 0.717) is 0 Å². The highest BCUT2D eigenvalue weighted by atomic mass is 79.9. The number of hydrogen-bond donors (Lipinski definition) is 1. The van der Waals surface area contributed by atoms with Crippen molar-refractivity contribution in [2.24, 2.45) is 0 Å². The van der Waals surface area contributed by atoms with Gasteiger partial charge in [-0.05, 0) is 43.1 Å². The number of nitrogens with one attached hydrogen (secondary N) is 1. The second-order valence-corrected chi connectivity index (χ2v) is 6.48. The van der Waals surface area contributed by atoms with Crippen molar-refractivity contribution in [1.82, 2.24) is 5.32 Å². The molecule has 1 heterocycles. The van der Waals surface area contributed by atoms with Crippen molar-refractivity contribution < 1.29 is 4.74 Å². The van der Waals surface area contributed by atoms with Crippen LogP contribution in [0.25, 0.3) is 0 Å². The monoisotopic (exact) mass is 345 g/mol. The Balaban J connectivity index is 1.56. The lowest BCUT2D eigenvalue weighted by atomic mass is 10.1. The van der Waals surface area contributed by atoms with Crippen molar-refractivity contribution in [2.75, 3.05) is 13.2 Å². The first kappa shape index (κ1) is 14.6. The van der Waals surface area contributed by atoms with Gasteiger partial charge < -0.3 is 10.1 Å². The maximum Gasteiger partial charge on any atom is 0.127 e. The first-order valence-corrected chi connectivity index (χ1v) is 8.22. The molecule has 3 heteroatoms. The van der Waals surface area contributed by atoms with E-state index in [1.807, 2.05) is 0 Å². The van der Waals surface area contributed by atoms with Crippen LogP contribution in [0, 0.1) is 6.92 Å². The van der Waals surface area contributed by atoms with Crippen LogP contribution >= 0.6 is 15.9 Å². The Morgan fingerprint density at radius 2 is 2.14 bits per heavy atom. The van der Waals surface area contributed by atoms with E-state index in [9.17, 15) is 0 Å². The van der Waals surface area contributed by atoms with Crippen LogP contribution in [0.2, 0.25) is 0 Å². The number of benzene rings is 2. The van der Waals surface area contributed by atoms with Crippen LogP contribution in [0.5, 0.6) is 5.75 Å². The van der Waals surface area contributed by atoms with Crippen LogP contribution in [0.1, 0.15) is 22.3 Å². The van der Waals surface area contributed by atoms with Gasteiger partial charge in [-0.3, -0.25) is 0 Å². The predicted octanol–water partition coefficient (Wildman–Crippen LogP) is 4.02. The van der Waals surface area contributed by atoms with Gasteiger partial charge in [-0.2, -0.15) is 0 Å². The van der Waals surface area contributed by atoms with E-state index < -0.39 is 0 Å². The maximum atomic E-state index is 5.75. The molecule has 1 aliphatic rings. The third-order valence-corrected chi connectivity index (χ3v) is 4.27. The largest absolute Gasteiger partial charge is 0.493 e. The molecule has 2 aromatic rings. The predicted molar refractivity (Wildman–Crippen MR) is 89.9 cm³/mol. The molecule has 1 aliphatic heterocycles. The van der Waals surface area contributed by atoms with Gasteiger partial charge in [0.05, 0.1) is 6.61 Å². The second-order valence-electron chi connectivity index (χ2n) is 5.57. The lowest BCUT2D eigenvalue weighted by molar-refractivity contribution is 0.352. The summed E-state index contributed by atoms with van der Waals surface area (Å²) < 4.78 is 6.90. The molecule has 0 atom stereocenters. The fourth-order valence-corrected chi connectivity index (χ4v) is 3.35. The zero-order chi connectivity index (χ0) is 14.7. The van der Waals surface area contributed by atoms with Gasteiger partial charge in [0.25, 0.3) is 0 Å². The minimum absolute atomic E-state index is 0.808. The van der Waals surface area contributed by atoms with E-state index in [-0.39, 0.29) is 0 Å². The van der Waals surface area contributed by atoms with E-state index in [2.05, 4.69) is 64.6 Å². The Morgan fingerprint density at radius 3 is 3.00 bits per heavy atom. The van der Waals surface area contributed by atoms with Gasteiger partial charge in [0.2, 0.25) is 0 Å². The molecule has 0 amide bonds. The Bertz CT molecular complexity index is 639. The molecule has 0 radical (unpaired) electrons. The lowest BCUT2D eigenvalue weighted by Gasteiger charge is -2.10. The highest BCUT2D eigenvalue weighted by molar-refractivity contribution is 9.10. The zero-order valence-corrected chi connectivity index (χ0v) is 13.9. The van der Waals surface area contributed by atoms with Crippen LogP contribution in [0.4, 0.5) is 0 Å². The topological polar surface area (TPSA) is 21.3 Å². The van der Waals surface area contributed by atoms with Gasteiger partial charge in [0, 0.05) is 23.0 Å². The Kier molecular flexibility index (Phi) is 4.61. The van der Waals surface area contributed by atoms with Gasteiger partial charge in [-0.25, -0.2) is 0 Å². The summed E-state index contributed by atoms with van der Waals surface area (Å²) in [5, 5.41) is 3.53. The summed E-state index contributed by atoms with van der Waals surface area (Å²) in [6, 6.07) is 13.0. The Morgan fingerprint density at radius 1 is 1.24 bits per heavy atom. The molecule has 0 spiro atoms. The summed E-state index contributed by atoms with van der Waals surface area (Å²) in [6.07, 6.45) is 2.07. The standard InChI is InChI=1S/C18H20BrNO/c1-13-3-2-4-14(9-13)5-7-20-12-16-11-17(19)10-15-6-8-21-18(15)16/h2-4,9-11,20H,5-8,12H2,1H3. The molecule has 1 N–H and O–H groups in total. The number of hydrogen-bond acceptors (Lipinski definition) is 2. The van der Waals surface area contributed by atoms with Crippen LogP contribution in [0.15, 0.2) is 40.9 Å². The fraction of sp³-hybridized carbons (Fsp3) is 0.333. The van der Waals surface area contributed by atoms with Crippen molar-refractivity contribution in [2.45, 2.75) is 26.3 Å². The summed E-state index contributed by atoms with van der Waals surface area (Å²) in [7, 11) is 0. The molecule has 0 unspecified atom stereocenters. The van der Waals surface area contributed by atoms with Crippen molar-refractivity contribution in [3.8, 4) is 5.75 Å². The summed E-state index contributed by atoms with van der Waals surface area (Å²) in [5.74, 6) is 1.08. The van der Waals surface area contributed by atoms with Crippen LogP contribution in [-0.4, -0.2) is 13.2 Å². The summed E-state index contributed by atoms with van der Waals surface area (Å²) >= 11 is 3.59. The van der Waals surface area contributed by atoms with E-state index in [4.69, 9.17) is 4.74 Å². The molecule has 0 fully saturated rings. The SMILES string of the molecule is Cc1cccc(CCNCc2cc(Br)cc3c2OCC3)c1. The molecule has 21 heavy (non-hydrogen) atoms. The van der Waals surface area contributed by atoms with Crippen LogP contribution in [-0.2, 0) is 19.4 Å². The molecule has 3 rings (SSSR count). The number of fused-ring (bicyclic) bond motifs is 1. The third kappa shape index (κ3) is 3.66. The highest BCUT2D eigenvalue weighted by Gasteiger charge is 2.16. The molecule has 0 aliphatic carbocycles. The molecule has 0 saturated heterocycles. The van der Waals surface area contributed by atoms with E-state index in [0.717, 1.165) is 42.8 Å². The first-order valence-electron chi connectivity index (χ1n) is 7.43. The molecule has 0 aromatic heterocycles. The van der Waals surface area contributed by atoms with Crippen molar-refractivity contribution in [3.63, 3.8) is 0 Å². The molecule has 0 bridgehead atoms. The highest BCUT2D eigenvalue weighted by Crippen LogP contribution is 2.32. The van der Waals surface area contributed by atoms with Crippen LogP contribution in [0.3, 0.4) is 0 Å². The van der Waals surface area contributed by atoms with Gasteiger partial charge in [0.1, 0.15) is 5.75 Å². The molecule has 0 saturated carbocycles. The molecule has 110 valence electrons. The average Bonchev–Trinajstić information content (AvgIpc) is 2.91. The van der Waals surface area contributed by atoms with Crippen molar-refractivity contribution >= 4 is 15.9 Å². The minimum atomic E-state index is 0.808. The fourth-order valence-electron chi connectivity index (χ4n) is 2.80. The zero-order valence-electron chi connectivity index (χ0n) is 12.3. The lowest BCUT2D eigenvalue weighted by Crippen LogP contribution is -2.17. The molecular weight excluding hydrogens is 326 g/mol. The van der Waals surface area contributed by atoms with E-state index in [1.165, 1.54) is 22.3 Å². The third-order valence-electron chi connectivity index (χ3n) is 3.81. The molecule has 2 aromatic carbocycles. The Labute approximate surface area is 134 Å². The van der Waals surface area contributed by atoms with Gasteiger partial charge in [-0.1, -0.05) is 45.8 Å². The second kappa shape index (κ2) is 6.63. The van der Waals surface area contributed by atoms with E-state index in [1.54, 1.807) is 0 Å². The quantitative estimate of drug-likeness (QED) is 0.826. The number of aryl methyl sites for hydroxylation is 1. The summed E-state index contributed by atoms with van der Waals surface area (Å²) in [5.41, 5.74) is 5.28. The Hall–Kier alpha value is -1.32. The minimum Gasteiger partial charge on any atom is -0.493 e. The number of halogens is 1. The number of ether oxygens (including phenoxy) is 1. The summed E-state index contributed by atoms with van der Waals surface area (Å²) in [4.78, 5) is 0. The van der Waals surface area contributed by atoms with Gasteiger partial charge >= 0.3 is 0 Å². The average molecular weight is 346 g/mol. The van der Waals surface area contributed by atoms with E-state index >= 15 is 0 Å². The normalized spacial score (nSPS) is 13.0. The van der Waals surface area contributed by atoms with Crippen molar-refractivity contribution in [3.05, 3.63) is 63.1 Å². The smallest absolute Gasteiger partial charge is 0.127 e. The van der Waals surface area contributed by atoms with Crippen molar-refractivity contribution in [1.29, 1.82) is 0 Å². The maximum absolute atomic E-state index is 5.75. The number of rotatable bonds is 5. The van der Waals surface area contributed by atoms with Gasteiger partial charge in [0.15, 0.2) is 0 Å². The molecular formula is C18H20BrNO.